The molecule has 2 aromatic heterocycles. The lowest BCUT2D eigenvalue weighted by atomic mass is 10.0. The van der Waals surface area contributed by atoms with E-state index in [9.17, 15) is 4.79 Å². The Morgan fingerprint density at radius 2 is 1.97 bits per heavy atom. The number of benzene rings is 1. The number of nitrogens with one attached hydrogen (secondary N) is 1. The van der Waals surface area contributed by atoms with Crippen molar-refractivity contribution < 1.29 is 9.32 Å². The highest BCUT2D eigenvalue weighted by Gasteiger charge is 2.24. The first-order chi connectivity index (χ1) is 14.5. The second-order valence-electron chi connectivity index (χ2n) is 8.52. The number of hydrogen-bond acceptors (Lipinski definition) is 5. The van der Waals surface area contributed by atoms with Crippen molar-refractivity contribution in [3.8, 4) is 0 Å². The van der Waals surface area contributed by atoms with Gasteiger partial charge in [-0.25, -0.2) is 4.98 Å². The zero-order chi connectivity index (χ0) is 21.1. The van der Waals surface area contributed by atoms with Gasteiger partial charge >= 0.3 is 0 Å². The van der Waals surface area contributed by atoms with Crippen LogP contribution in [0.15, 0.2) is 40.9 Å². The molecule has 30 heavy (non-hydrogen) atoms. The van der Waals surface area contributed by atoms with Gasteiger partial charge < -0.3 is 14.7 Å². The summed E-state index contributed by atoms with van der Waals surface area (Å²) in [6, 6.07) is 12.7. The highest BCUT2D eigenvalue weighted by atomic mass is 16.5. The topological polar surface area (TPSA) is 71.3 Å². The van der Waals surface area contributed by atoms with Crippen molar-refractivity contribution in [2.45, 2.75) is 52.0 Å². The van der Waals surface area contributed by atoms with Gasteiger partial charge in [0.05, 0.1) is 16.6 Å². The van der Waals surface area contributed by atoms with Crippen LogP contribution in [0.25, 0.3) is 11.1 Å². The second kappa shape index (κ2) is 8.96. The average Bonchev–Trinajstić information content (AvgIpc) is 3.14. The number of carbonyl (C=O) groups excluding carboxylic acids is 1. The molecule has 0 spiro atoms. The minimum absolute atomic E-state index is 0.0571. The summed E-state index contributed by atoms with van der Waals surface area (Å²) in [5, 5.41) is 7.98. The Bertz CT molecular complexity index is 1000. The van der Waals surface area contributed by atoms with E-state index in [1.165, 1.54) is 5.56 Å². The van der Waals surface area contributed by atoms with Gasteiger partial charge in [-0.1, -0.05) is 49.3 Å². The van der Waals surface area contributed by atoms with Crippen LogP contribution in [0.2, 0.25) is 0 Å². The van der Waals surface area contributed by atoms with Gasteiger partial charge in [0, 0.05) is 31.4 Å². The lowest BCUT2D eigenvalue weighted by molar-refractivity contribution is 0.0913. The fourth-order valence-electron chi connectivity index (χ4n) is 4.08. The average molecular weight is 407 g/mol. The summed E-state index contributed by atoms with van der Waals surface area (Å²) in [5.74, 6) is 0.151. The van der Waals surface area contributed by atoms with Crippen molar-refractivity contribution >= 4 is 17.0 Å². The van der Waals surface area contributed by atoms with Crippen molar-refractivity contribution in [2.75, 3.05) is 19.6 Å². The first kappa shape index (κ1) is 20.5. The fraction of sp³-hybridized carbons (Fsp3) is 0.458. The van der Waals surface area contributed by atoms with Crippen LogP contribution in [-0.2, 0) is 6.42 Å². The monoisotopic (exact) mass is 406 g/mol. The SMILES string of the molecule is Cc1noc2nc(C(C)C)cc(C(=O)NC3CCN(CCc4ccccc4)CC3)c12. The van der Waals surface area contributed by atoms with Crippen LogP contribution in [0.5, 0.6) is 0 Å². The summed E-state index contributed by atoms with van der Waals surface area (Å²) in [5.41, 5.74) is 3.99. The Labute approximate surface area is 177 Å². The van der Waals surface area contributed by atoms with Gasteiger partial charge in [-0.3, -0.25) is 4.79 Å². The standard InChI is InChI=1S/C24H30N4O2/c1-16(2)21-15-20(22-17(3)27-30-24(22)26-21)23(29)25-19-10-13-28(14-11-19)12-9-18-7-5-4-6-8-18/h4-8,15-16,19H,9-14H2,1-3H3,(H,25,29). The predicted octanol–water partition coefficient (Wildman–Crippen LogP) is 4.09. The molecule has 0 radical (unpaired) electrons. The van der Waals surface area contributed by atoms with Crippen LogP contribution in [0, 0.1) is 6.92 Å². The van der Waals surface area contributed by atoms with Crippen molar-refractivity contribution in [2.24, 2.45) is 0 Å². The Morgan fingerprint density at radius 3 is 2.67 bits per heavy atom. The third-order valence-electron chi connectivity index (χ3n) is 5.96. The molecule has 1 fully saturated rings. The van der Waals surface area contributed by atoms with Gasteiger partial charge in [-0.05, 0) is 43.7 Å². The fourth-order valence-corrected chi connectivity index (χ4v) is 4.08. The van der Waals surface area contributed by atoms with Gasteiger partial charge in [-0.15, -0.1) is 0 Å². The van der Waals surface area contributed by atoms with E-state index in [0.29, 0.717) is 17.0 Å². The Morgan fingerprint density at radius 1 is 1.23 bits per heavy atom. The molecule has 3 heterocycles. The quantitative estimate of drug-likeness (QED) is 0.668. The molecule has 0 bridgehead atoms. The maximum atomic E-state index is 13.1. The van der Waals surface area contributed by atoms with E-state index in [0.717, 1.165) is 50.0 Å². The summed E-state index contributed by atoms with van der Waals surface area (Å²) in [6.07, 6.45) is 3.00. The number of amides is 1. The molecular formula is C24H30N4O2. The molecule has 1 saturated heterocycles. The van der Waals surface area contributed by atoms with E-state index in [1.54, 1.807) is 0 Å². The highest BCUT2D eigenvalue weighted by Crippen LogP contribution is 2.25. The number of hydrogen-bond donors (Lipinski definition) is 1. The third-order valence-corrected chi connectivity index (χ3v) is 5.96. The minimum atomic E-state index is -0.0571. The molecule has 3 aromatic rings. The number of piperidine rings is 1. The van der Waals surface area contributed by atoms with Crippen LogP contribution in [0.4, 0.5) is 0 Å². The predicted molar refractivity (Wildman–Crippen MR) is 118 cm³/mol. The third kappa shape index (κ3) is 4.54. The van der Waals surface area contributed by atoms with Crippen LogP contribution in [0.1, 0.15) is 59.9 Å². The summed E-state index contributed by atoms with van der Waals surface area (Å²) in [7, 11) is 0. The van der Waals surface area contributed by atoms with Crippen LogP contribution in [0.3, 0.4) is 0 Å². The number of aromatic nitrogens is 2. The molecule has 1 aliphatic rings. The molecule has 6 heteroatoms. The highest BCUT2D eigenvalue weighted by molar-refractivity contribution is 6.06. The van der Waals surface area contributed by atoms with Crippen molar-refractivity contribution in [1.82, 2.24) is 20.4 Å². The van der Waals surface area contributed by atoms with Crippen LogP contribution in [-0.4, -0.2) is 46.6 Å². The smallest absolute Gasteiger partial charge is 0.259 e. The van der Waals surface area contributed by atoms with Crippen molar-refractivity contribution in [1.29, 1.82) is 0 Å². The Balaban J connectivity index is 1.38. The summed E-state index contributed by atoms with van der Waals surface area (Å²) >= 11 is 0. The molecule has 4 rings (SSSR count). The number of fused-ring (bicyclic) bond motifs is 1. The number of nitrogens with zero attached hydrogens (tertiary/aromatic N) is 3. The van der Waals surface area contributed by atoms with Gasteiger partial charge in [0.25, 0.3) is 11.6 Å². The van der Waals surface area contributed by atoms with Gasteiger partial charge in [-0.2, -0.15) is 0 Å². The van der Waals surface area contributed by atoms with E-state index in [1.807, 2.05) is 13.0 Å². The number of rotatable bonds is 6. The maximum absolute atomic E-state index is 13.1. The number of aryl methyl sites for hydroxylation is 1. The molecule has 1 amide bonds. The summed E-state index contributed by atoms with van der Waals surface area (Å²) in [6.45, 7) is 9.05. The molecule has 0 saturated carbocycles. The summed E-state index contributed by atoms with van der Waals surface area (Å²) < 4.78 is 5.35. The molecule has 1 N–H and O–H groups in total. The van der Waals surface area contributed by atoms with Crippen molar-refractivity contribution in [3.63, 3.8) is 0 Å². The molecule has 158 valence electrons. The van der Waals surface area contributed by atoms with E-state index in [2.05, 4.69) is 64.5 Å². The van der Waals surface area contributed by atoms with E-state index in [4.69, 9.17) is 4.52 Å². The molecule has 1 aliphatic heterocycles. The van der Waals surface area contributed by atoms with Crippen LogP contribution >= 0.6 is 0 Å². The van der Waals surface area contributed by atoms with E-state index >= 15 is 0 Å². The maximum Gasteiger partial charge on any atom is 0.259 e. The van der Waals surface area contributed by atoms with Crippen LogP contribution < -0.4 is 5.32 Å². The number of likely N-dealkylation sites (tertiary alicyclic amines) is 1. The van der Waals surface area contributed by atoms with Crippen molar-refractivity contribution in [3.05, 3.63) is 58.9 Å². The molecule has 6 nitrogen and oxygen atoms in total. The molecule has 1 aromatic carbocycles. The molecule has 0 unspecified atom stereocenters. The first-order valence-electron chi connectivity index (χ1n) is 10.9. The largest absolute Gasteiger partial charge is 0.349 e. The first-order valence-corrected chi connectivity index (χ1v) is 10.9. The molecule has 0 aliphatic carbocycles. The molecular weight excluding hydrogens is 376 g/mol. The number of carbonyl (C=O) groups is 1. The van der Waals surface area contributed by atoms with Gasteiger partial charge in [0.15, 0.2) is 0 Å². The number of pyridine rings is 1. The lowest BCUT2D eigenvalue weighted by Crippen LogP contribution is -2.45. The minimum Gasteiger partial charge on any atom is -0.349 e. The zero-order valence-electron chi connectivity index (χ0n) is 18.0. The normalized spacial score (nSPS) is 15.7. The second-order valence-corrected chi connectivity index (χ2v) is 8.52. The van der Waals surface area contributed by atoms with E-state index in [-0.39, 0.29) is 17.9 Å². The lowest BCUT2D eigenvalue weighted by Gasteiger charge is -2.32. The summed E-state index contributed by atoms with van der Waals surface area (Å²) in [4.78, 5) is 20.1. The Hall–Kier alpha value is -2.73. The zero-order valence-corrected chi connectivity index (χ0v) is 18.0. The Kier molecular flexibility index (Phi) is 6.13. The van der Waals surface area contributed by atoms with Gasteiger partial charge in [0.1, 0.15) is 0 Å². The van der Waals surface area contributed by atoms with Gasteiger partial charge in [0.2, 0.25) is 0 Å². The van der Waals surface area contributed by atoms with E-state index < -0.39 is 0 Å². The molecule has 0 atom stereocenters.